The Hall–Kier alpha value is -1.33. The van der Waals surface area contributed by atoms with E-state index in [-0.39, 0.29) is 5.91 Å². The SMILES string of the molecule is C/C(=C1\SC(=S)N(c2ccc(Cl)c(Cl)c2)C1=O)c1ccccc1. The summed E-state index contributed by atoms with van der Waals surface area (Å²) in [5.41, 5.74) is 2.53. The van der Waals surface area contributed by atoms with E-state index in [1.807, 2.05) is 37.3 Å². The number of rotatable bonds is 2. The lowest BCUT2D eigenvalue weighted by Crippen LogP contribution is -2.27. The Morgan fingerprint density at radius 2 is 1.78 bits per heavy atom. The molecule has 1 saturated heterocycles. The quantitative estimate of drug-likeness (QED) is 0.486. The third-order valence-corrected chi connectivity index (χ3v) is 5.69. The Balaban J connectivity index is 2.02. The molecule has 1 fully saturated rings. The lowest BCUT2D eigenvalue weighted by Gasteiger charge is -2.15. The van der Waals surface area contributed by atoms with Gasteiger partial charge in [-0.15, -0.1) is 0 Å². The highest BCUT2D eigenvalue weighted by molar-refractivity contribution is 8.27. The molecule has 0 radical (unpaired) electrons. The standard InChI is InChI=1S/C17H11Cl2NOS2/c1-10(11-5-3-2-4-6-11)15-16(21)20(17(22)23-15)12-7-8-13(18)14(19)9-12/h2-9H,1H3/b15-10+. The topological polar surface area (TPSA) is 20.3 Å². The van der Waals surface area contributed by atoms with Crippen molar-refractivity contribution in [2.24, 2.45) is 0 Å². The second-order valence-corrected chi connectivity index (χ2v) is 7.39. The fourth-order valence-electron chi connectivity index (χ4n) is 2.26. The zero-order valence-corrected chi connectivity index (χ0v) is 15.2. The van der Waals surface area contributed by atoms with Crippen LogP contribution in [0, 0.1) is 0 Å². The first-order valence-corrected chi connectivity index (χ1v) is 8.74. The average Bonchev–Trinajstić information content (AvgIpc) is 2.85. The second kappa shape index (κ2) is 6.65. The first-order chi connectivity index (χ1) is 11.0. The van der Waals surface area contributed by atoms with Gasteiger partial charge in [-0.3, -0.25) is 9.69 Å². The van der Waals surface area contributed by atoms with Crippen molar-refractivity contribution in [3.63, 3.8) is 0 Å². The highest BCUT2D eigenvalue weighted by Gasteiger charge is 2.35. The first kappa shape index (κ1) is 16.5. The van der Waals surface area contributed by atoms with Crippen LogP contribution in [0.3, 0.4) is 0 Å². The molecule has 1 amide bonds. The Bertz CT molecular complexity index is 834. The molecule has 0 atom stereocenters. The van der Waals surface area contributed by atoms with Gasteiger partial charge in [-0.25, -0.2) is 0 Å². The molecule has 0 aromatic heterocycles. The van der Waals surface area contributed by atoms with Crippen LogP contribution in [0.25, 0.3) is 5.57 Å². The number of carbonyl (C=O) groups is 1. The summed E-state index contributed by atoms with van der Waals surface area (Å²) in [5, 5.41) is 0.832. The van der Waals surface area contributed by atoms with Crippen LogP contribution in [0.2, 0.25) is 10.0 Å². The van der Waals surface area contributed by atoms with Gasteiger partial charge in [-0.2, -0.15) is 0 Å². The Kier molecular flexibility index (Phi) is 4.78. The zero-order chi connectivity index (χ0) is 16.6. The van der Waals surface area contributed by atoms with Gasteiger partial charge in [-0.05, 0) is 36.3 Å². The monoisotopic (exact) mass is 379 g/mol. The van der Waals surface area contributed by atoms with Gasteiger partial charge in [0.05, 0.1) is 20.6 Å². The van der Waals surface area contributed by atoms with E-state index in [2.05, 4.69) is 0 Å². The maximum Gasteiger partial charge on any atom is 0.271 e. The minimum atomic E-state index is -0.139. The molecule has 2 aromatic rings. The van der Waals surface area contributed by atoms with Crippen molar-refractivity contribution in [1.82, 2.24) is 0 Å². The molecule has 0 N–H and O–H groups in total. The minimum Gasteiger partial charge on any atom is -0.268 e. The highest BCUT2D eigenvalue weighted by atomic mass is 35.5. The number of nitrogens with zero attached hydrogens (tertiary/aromatic N) is 1. The van der Waals surface area contributed by atoms with Crippen molar-refractivity contribution in [1.29, 1.82) is 0 Å². The number of thiocarbonyl (C=S) groups is 1. The number of carbonyl (C=O) groups excluding carboxylic acids is 1. The van der Waals surface area contributed by atoms with E-state index in [1.165, 1.54) is 16.7 Å². The van der Waals surface area contributed by atoms with Gasteiger partial charge in [0.2, 0.25) is 0 Å². The van der Waals surface area contributed by atoms with Crippen molar-refractivity contribution in [2.75, 3.05) is 4.90 Å². The minimum absolute atomic E-state index is 0.139. The summed E-state index contributed by atoms with van der Waals surface area (Å²) in [6.07, 6.45) is 0. The van der Waals surface area contributed by atoms with Gasteiger partial charge in [-0.1, -0.05) is 77.5 Å². The number of hydrogen-bond donors (Lipinski definition) is 0. The first-order valence-electron chi connectivity index (χ1n) is 6.76. The van der Waals surface area contributed by atoms with E-state index in [0.717, 1.165) is 11.1 Å². The maximum absolute atomic E-state index is 12.8. The van der Waals surface area contributed by atoms with Crippen LogP contribution in [0.4, 0.5) is 5.69 Å². The summed E-state index contributed by atoms with van der Waals surface area (Å²) in [6, 6.07) is 14.8. The summed E-state index contributed by atoms with van der Waals surface area (Å²) >= 11 is 18.7. The normalized spacial score (nSPS) is 16.9. The number of amides is 1. The molecule has 116 valence electrons. The van der Waals surface area contributed by atoms with E-state index >= 15 is 0 Å². The predicted molar refractivity (Wildman–Crippen MR) is 103 cm³/mol. The molecule has 1 heterocycles. The fourth-order valence-corrected chi connectivity index (χ4v) is 3.90. The van der Waals surface area contributed by atoms with Gasteiger partial charge >= 0.3 is 0 Å². The molecule has 1 aliphatic heterocycles. The second-order valence-electron chi connectivity index (χ2n) is 4.93. The van der Waals surface area contributed by atoms with Gasteiger partial charge in [0.1, 0.15) is 0 Å². The largest absolute Gasteiger partial charge is 0.271 e. The zero-order valence-electron chi connectivity index (χ0n) is 12.0. The molecule has 0 unspecified atom stereocenters. The summed E-state index contributed by atoms with van der Waals surface area (Å²) < 4.78 is 0.485. The summed E-state index contributed by atoms with van der Waals surface area (Å²) in [4.78, 5) is 14.9. The molecule has 0 spiro atoms. The third-order valence-electron chi connectivity index (χ3n) is 3.48. The molecular formula is C17H11Cl2NOS2. The smallest absolute Gasteiger partial charge is 0.268 e. The van der Waals surface area contributed by atoms with Crippen LogP contribution in [-0.4, -0.2) is 10.2 Å². The summed E-state index contributed by atoms with van der Waals surface area (Å²) in [5.74, 6) is -0.139. The van der Waals surface area contributed by atoms with Gasteiger partial charge < -0.3 is 0 Å². The molecule has 1 aliphatic rings. The number of anilines is 1. The van der Waals surface area contributed by atoms with Crippen molar-refractivity contribution >= 4 is 68.7 Å². The molecule has 3 rings (SSSR count). The Morgan fingerprint density at radius 1 is 1.09 bits per heavy atom. The van der Waals surface area contributed by atoms with E-state index in [0.29, 0.717) is 25.0 Å². The number of hydrogen-bond acceptors (Lipinski definition) is 3. The molecule has 23 heavy (non-hydrogen) atoms. The predicted octanol–water partition coefficient (Wildman–Crippen LogP) is 5.79. The highest BCUT2D eigenvalue weighted by Crippen LogP contribution is 2.40. The van der Waals surface area contributed by atoms with Gasteiger partial charge in [0.25, 0.3) is 5.91 Å². The molecule has 0 aliphatic carbocycles. The van der Waals surface area contributed by atoms with Crippen LogP contribution in [0.15, 0.2) is 53.4 Å². The van der Waals surface area contributed by atoms with Crippen molar-refractivity contribution in [3.05, 3.63) is 69.0 Å². The molecular weight excluding hydrogens is 369 g/mol. The van der Waals surface area contributed by atoms with Crippen LogP contribution >= 0.6 is 47.2 Å². The Labute approximate surface area is 154 Å². The van der Waals surface area contributed by atoms with Crippen LogP contribution in [0.1, 0.15) is 12.5 Å². The molecule has 2 nitrogen and oxygen atoms in total. The number of thioether (sulfide) groups is 1. The van der Waals surface area contributed by atoms with Crippen molar-refractivity contribution in [2.45, 2.75) is 6.92 Å². The van der Waals surface area contributed by atoms with Gasteiger partial charge in [0, 0.05) is 0 Å². The maximum atomic E-state index is 12.8. The van der Waals surface area contributed by atoms with E-state index in [4.69, 9.17) is 35.4 Å². The molecule has 2 aromatic carbocycles. The van der Waals surface area contributed by atoms with Crippen LogP contribution in [0.5, 0.6) is 0 Å². The lowest BCUT2D eigenvalue weighted by atomic mass is 10.1. The number of benzene rings is 2. The third kappa shape index (κ3) is 3.17. The van der Waals surface area contributed by atoms with Crippen LogP contribution in [-0.2, 0) is 4.79 Å². The van der Waals surface area contributed by atoms with Crippen LogP contribution < -0.4 is 4.90 Å². The van der Waals surface area contributed by atoms with Crippen molar-refractivity contribution in [3.8, 4) is 0 Å². The lowest BCUT2D eigenvalue weighted by molar-refractivity contribution is -0.113. The van der Waals surface area contributed by atoms with E-state index in [9.17, 15) is 4.79 Å². The number of allylic oxidation sites excluding steroid dienone is 1. The molecule has 0 saturated carbocycles. The average molecular weight is 380 g/mol. The van der Waals surface area contributed by atoms with E-state index < -0.39 is 0 Å². The van der Waals surface area contributed by atoms with E-state index in [1.54, 1.807) is 18.2 Å². The summed E-state index contributed by atoms with van der Waals surface area (Å²) in [7, 11) is 0. The van der Waals surface area contributed by atoms with Gasteiger partial charge in [0.15, 0.2) is 4.32 Å². The number of halogens is 2. The summed E-state index contributed by atoms with van der Waals surface area (Å²) in [6.45, 7) is 1.93. The molecule has 6 heteroatoms. The van der Waals surface area contributed by atoms with Crippen molar-refractivity contribution < 1.29 is 4.79 Å². The Morgan fingerprint density at radius 3 is 2.43 bits per heavy atom. The molecule has 0 bridgehead atoms. The fraction of sp³-hybridized carbons (Fsp3) is 0.0588.